The molecule has 1 aromatic heterocycles. The standard InChI is InChI=1S/C29H28N4O/c34-29(22-8-2-1-3-9-22)33(25-12-13-25)19-21-7-6-10-23(17-21)24-11-14-27-26(18-24)28(31-20-30-27)32-15-4-5-16-32/h1-3,6-11,14,17-18,20,25H,4-5,12-13,15-16,19H2. The van der Waals surface area contributed by atoms with Gasteiger partial charge in [-0.3, -0.25) is 4.79 Å². The second-order valence-corrected chi connectivity index (χ2v) is 9.35. The first-order valence-electron chi connectivity index (χ1n) is 12.2. The van der Waals surface area contributed by atoms with Crippen molar-refractivity contribution >= 4 is 22.6 Å². The van der Waals surface area contributed by atoms with E-state index in [0.717, 1.165) is 64.9 Å². The van der Waals surface area contributed by atoms with Crippen molar-refractivity contribution in [2.45, 2.75) is 38.3 Å². The van der Waals surface area contributed by atoms with E-state index in [4.69, 9.17) is 0 Å². The smallest absolute Gasteiger partial charge is 0.254 e. The van der Waals surface area contributed by atoms with E-state index in [1.807, 2.05) is 35.2 Å². The van der Waals surface area contributed by atoms with Crippen LogP contribution in [0.25, 0.3) is 22.0 Å². The molecule has 2 heterocycles. The van der Waals surface area contributed by atoms with Crippen LogP contribution in [0.15, 0.2) is 79.1 Å². The van der Waals surface area contributed by atoms with Gasteiger partial charge in [0.15, 0.2) is 0 Å². The molecule has 0 spiro atoms. The molecule has 1 saturated heterocycles. The van der Waals surface area contributed by atoms with Crippen LogP contribution in [-0.4, -0.2) is 39.9 Å². The third kappa shape index (κ3) is 4.14. The number of rotatable bonds is 6. The number of anilines is 1. The SMILES string of the molecule is O=C(c1ccccc1)N(Cc1cccc(-c2ccc3ncnc(N4CCCC4)c3c2)c1)C1CC1. The number of nitrogens with zero attached hydrogens (tertiary/aromatic N) is 4. The molecule has 0 atom stereocenters. The van der Waals surface area contributed by atoms with Gasteiger partial charge in [-0.05, 0) is 72.7 Å². The van der Waals surface area contributed by atoms with Crippen molar-refractivity contribution in [2.24, 2.45) is 0 Å². The highest BCUT2D eigenvalue weighted by atomic mass is 16.2. The normalized spacial score (nSPS) is 15.6. The van der Waals surface area contributed by atoms with E-state index in [1.165, 1.54) is 12.8 Å². The second-order valence-electron chi connectivity index (χ2n) is 9.35. The molecule has 1 aliphatic heterocycles. The minimum absolute atomic E-state index is 0.117. The van der Waals surface area contributed by atoms with Gasteiger partial charge in [-0.25, -0.2) is 9.97 Å². The van der Waals surface area contributed by atoms with Crippen LogP contribution in [0.1, 0.15) is 41.6 Å². The number of hydrogen-bond donors (Lipinski definition) is 0. The largest absolute Gasteiger partial charge is 0.356 e. The third-order valence-electron chi connectivity index (χ3n) is 6.90. The first-order valence-corrected chi connectivity index (χ1v) is 12.2. The molecule has 0 N–H and O–H groups in total. The summed E-state index contributed by atoms with van der Waals surface area (Å²) in [4.78, 5) is 26.7. The number of amides is 1. The van der Waals surface area contributed by atoms with Gasteiger partial charge in [-0.2, -0.15) is 0 Å². The summed E-state index contributed by atoms with van der Waals surface area (Å²) in [5.74, 6) is 1.15. The lowest BCUT2D eigenvalue weighted by Crippen LogP contribution is -2.32. The van der Waals surface area contributed by atoms with E-state index in [-0.39, 0.29) is 5.91 Å². The molecule has 4 aromatic rings. The summed E-state index contributed by atoms with van der Waals surface area (Å²) < 4.78 is 0. The maximum absolute atomic E-state index is 13.2. The van der Waals surface area contributed by atoms with Crippen molar-refractivity contribution in [3.63, 3.8) is 0 Å². The fourth-order valence-electron chi connectivity index (χ4n) is 4.95. The van der Waals surface area contributed by atoms with E-state index in [9.17, 15) is 4.79 Å². The van der Waals surface area contributed by atoms with Gasteiger partial charge in [-0.1, -0.05) is 42.5 Å². The highest BCUT2D eigenvalue weighted by Gasteiger charge is 2.33. The molecule has 6 rings (SSSR count). The molecule has 0 radical (unpaired) electrons. The Balaban J connectivity index is 1.31. The van der Waals surface area contributed by atoms with Gasteiger partial charge in [0.05, 0.1) is 5.52 Å². The van der Waals surface area contributed by atoms with Crippen LogP contribution in [0, 0.1) is 0 Å². The zero-order valence-corrected chi connectivity index (χ0v) is 19.2. The lowest BCUT2D eigenvalue weighted by molar-refractivity contribution is 0.0730. The quantitative estimate of drug-likeness (QED) is 0.380. The summed E-state index contributed by atoms with van der Waals surface area (Å²) in [7, 11) is 0. The first-order chi connectivity index (χ1) is 16.8. The van der Waals surface area contributed by atoms with Crippen LogP contribution >= 0.6 is 0 Å². The molecule has 34 heavy (non-hydrogen) atoms. The third-order valence-corrected chi connectivity index (χ3v) is 6.90. The van der Waals surface area contributed by atoms with Crippen LogP contribution in [-0.2, 0) is 6.54 Å². The topological polar surface area (TPSA) is 49.3 Å². The number of hydrogen-bond acceptors (Lipinski definition) is 4. The molecule has 5 heteroatoms. The maximum atomic E-state index is 13.2. The molecule has 0 bridgehead atoms. The van der Waals surface area contributed by atoms with Gasteiger partial charge in [0.25, 0.3) is 5.91 Å². The Morgan fingerprint density at radius 2 is 1.68 bits per heavy atom. The minimum Gasteiger partial charge on any atom is -0.356 e. The maximum Gasteiger partial charge on any atom is 0.254 e. The van der Waals surface area contributed by atoms with E-state index in [2.05, 4.69) is 57.3 Å². The van der Waals surface area contributed by atoms with Gasteiger partial charge in [0, 0.05) is 36.6 Å². The molecule has 3 aromatic carbocycles. The molecule has 2 aliphatic rings. The highest BCUT2D eigenvalue weighted by molar-refractivity contribution is 5.95. The number of fused-ring (bicyclic) bond motifs is 1. The zero-order chi connectivity index (χ0) is 22.9. The van der Waals surface area contributed by atoms with Crippen molar-refractivity contribution in [1.29, 1.82) is 0 Å². The van der Waals surface area contributed by atoms with Gasteiger partial charge in [0.1, 0.15) is 12.1 Å². The predicted molar refractivity (Wildman–Crippen MR) is 136 cm³/mol. The van der Waals surface area contributed by atoms with Gasteiger partial charge >= 0.3 is 0 Å². The molecule has 0 unspecified atom stereocenters. The van der Waals surface area contributed by atoms with Crippen LogP contribution < -0.4 is 4.90 Å². The Morgan fingerprint density at radius 1 is 0.882 bits per heavy atom. The zero-order valence-electron chi connectivity index (χ0n) is 19.2. The summed E-state index contributed by atoms with van der Waals surface area (Å²) in [6.07, 6.45) is 6.27. The van der Waals surface area contributed by atoms with Crippen molar-refractivity contribution in [1.82, 2.24) is 14.9 Å². The van der Waals surface area contributed by atoms with Crippen LogP contribution in [0.2, 0.25) is 0 Å². The Kier molecular flexibility index (Phi) is 5.46. The van der Waals surface area contributed by atoms with E-state index >= 15 is 0 Å². The highest BCUT2D eigenvalue weighted by Crippen LogP contribution is 2.33. The molecular weight excluding hydrogens is 420 g/mol. The number of benzene rings is 3. The van der Waals surface area contributed by atoms with Crippen molar-refractivity contribution in [3.05, 3.63) is 90.3 Å². The number of aromatic nitrogens is 2. The van der Waals surface area contributed by atoms with E-state index in [1.54, 1.807) is 6.33 Å². The molecule has 170 valence electrons. The molecule has 2 fully saturated rings. The Labute approximate surface area is 200 Å². The average molecular weight is 449 g/mol. The Hall–Kier alpha value is -3.73. The molecule has 5 nitrogen and oxygen atoms in total. The van der Waals surface area contributed by atoms with Gasteiger partial charge in [-0.15, -0.1) is 0 Å². The summed E-state index contributed by atoms with van der Waals surface area (Å²) in [6.45, 7) is 2.73. The molecule has 1 aliphatic carbocycles. The number of carbonyl (C=O) groups is 1. The fraction of sp³-hybridized carbons (Fsp3) is 0.276. The Bertz CT molecular complexity index is 1330. The van der Waals surface area contributed by atoms with Crippen LogP contribution in [0.5, 0.6) is 0 Å². The second kappa shape index (κ2) is 8.90. The lowest BCUT2D eigenvalue weighted by Gasteiger charge is -2.23. The summed E-state index contributed by atoms with van der Waals surface area (Å²) >= 11 is 0. The van der Waals surface area contributed by atoms with E-state index in [0.29, 0.717) is 12.6 Å². The minimum atomic E-state index is 0.117. The summed E-state index contributed by atoms with van der Waals surface area (Å²) in [6, 6.07) is 25.0. The molecule has 1 amide bonds. The van der Waals surface area contributed by atoms with E-state index < -0.39 is 0 Å². The predicted octanol–water partition coefficient (Wildman–Crippen LogP) is 5.70. The summed E-state index contributed by atoms with van der Waals surface area (Å²) in [5.41, 5.74) is 5.19. The monoisotopic (exact) mass is 448 g/mol. The summed E-state index contributed by atoms with van der Waals surface area (Å²) in [5, 5.41) is 1.10. The lowest BCUT2D eigenvalue weighted by atomic mass is 10.0. The van der Waals surface area contributed by atoms with Crippen LogP contribution in [0.4, 0.5) is 5.82 Å². The first kappa shape index (κ1) is 20.8. The van der Waals surface area contributed by atoms with Crippen molar-refractivity contribution in [3.8, 4) is 11.1 Å². The van der Waals surface area contributed by atoms with Crippen LogP contribution in [0.3, 0.4) is 0 Å². The Morgan fingerprint density at radius 3 is 2.47 bits per heavy atom. The van der Waals surface area contributed by atoms with Gasteiger partial charge in [0.2, 0.25) is 0 Å². The van der Waals surface area contributed by atoms with Crippen molar-refractivity contribution < 1.29 is 4.79 Å². The number of carbonyl (C=O) groups excluding carboxylic acids is 1. The molecule has 1 saturated carbocycles. The van der Waals surface area contributed by atoms with Crippen molar-refractivity contribution in [2.75, 3.05) is 18.0 Å². The van der Waals surface area contributed by atoms with Gasteiger partial charge < -0.3 is 9.80 Å². The average Bonchev–Trinajstić information content (AvgIpc) is 3.59. The molecular formula is C29H28N4O. The fourth-order valence-corrected chi connectivity index (χ4v) is 4.95.